The first-order chi connectivity index (χ1) is 12.7. The summed E-state index contributed by atoms with van der Waals surface area (Å²) in [6.45, 7) is 0.333. The third-order valence-electron chi connectivity index (χ3n) is 3.68. The third kappa shape index (κ3) is 4.83. The number of ether oxygens (including phenoxy) is 2. The smallest absolute Gasteiger partial charge is 0.161 e. The van der Waals surface area contributed by atoms with Crippen molar-refractivity contribution in [2.75, 3.05) is 12.5 Å². The second kappa shape index (κ2) is 8.67. The van der Waals surface area contributed by atoms with Gasteiger partial charge < -0.3 is 9.47 Å². The van der Waals surface area contributed by atoms with Gasteiger partial charge in [0.15, 0.2) is 11.5 Å². The first kappa shape index (κ1) is 17.5. The van der Waals surface area contributed by atoms with Crippen molar-refractivity contribution in [1.82, 2.24) is 0 Å². The predicted molar refractivity (Wildman–Crippen MR) is 101 cm³/mol. The molecule has 0 atom stereocenters. The lowest BCUT2D eigenvalue weighted by molar-refractivity contribution is 0.284. The van der Waals surface area contributed by atoms with Crippen molar-refractivity contribution >= 4 is 11.9 Å². The van der Waals surface area contributed by atoms with Crippen molar-refractivity contribution in [2.24, 2.45) is 5.10 Å². The number of methoxy groups -OCH3 is 1. The maximum atomic E-state index is 12.9. The van der Waals surface area contributed by atoms with E-state index in [-0.39, 0.29) is 5.82 Å². The predicted octanol–water partition coefficient (Wildman–Crippen LogP) is 4.86. The molecule has 0 saturated carbocycles. The molecule has 26 heavy (non-hydrogen) atoms. The van der Waals surface area contributed by atoms with Crippen LogP contribution in [0.4, 0.5) is 10.1 Å². The van der Waals surface area contributed by atoms with Gasteiger partial charge >= 0.3 is 0 Å². The number of nitrogens with one attached hydrogen (secondary N) is 1. The number of anilines is 1. The van der Waals surface area contributed by atoms with E-state index in [4.69, 9.17) is 9.47 Å². The largest absolute Gasteiger partial charge is 0.493 e. The number of halogens is 1. The molecule has 0 unspecified atom stereocenters. The number of para-hydroxylation sites is 1. The Kier molecular flexibility index (Phi) is 5.83. The van der Waals surface area contributed by atoms with Gasteiger partial charge in [-0.3, -0.25) is 5.43 Å². The highest BCUT2D eigenvalue weighted by Crippen LogP contribution is 2.28. The minimum Gasteiger partial charge on any atom is -0.493 e. The highest BCUT2D eigenvalue weighted by molar-refractivity contribution is 5.81. The van der Waals surface area contributed by atoms with Gasteiger partial charge in [0.1, 0.15) is 12.4 Å². The molecule has 3 rings (SSSR count). The zero-order valence-corrected chi connectivity index (χ0v) is 14.4. The molecule has 0 radical (unpaired) electrons. The van der Waals surface area contributed by atoms with Gasteiger partial charge in [-0.15, -0.1) is 0 Å². The van der Waals surface area contributed by atoms with E-state index in [2.05, 4.69) is 10.5 Å². The van der Waals surface area contributed by atoms with E-state index < -0.39 is 0 Å². The van der Waals surface area contributed by atoms with Crippen LogP contribution in [-0.2, 0) is 6.61 Å². The molecule has 0 aliphatic heterocycles. The second-order valence-corrected chi connectivity index (χ2v) is 5.56. The van der Waals surface area contributed by atoms with Crippen LogP contribution in [0.5, 0.6) is 11.5 Å². The van der Waals surface area contributed by atoms with E-state index in [1.807, 2.05) is 48.5 Å². The van der Waals surface area contributed by atoms with Gasteiger partial charge in [0.25, 0.3) is 0 Å². The minimum atomic E-state index is -0.265. The molecule has 1 N–H and O–H groups in total. The molecule has 5 heteroatoms. The second-order valence-electron chi connectivity index (χ2n) is 5.56. The Bertz CT molecular complexity index is 865. The van der Waals surface area contributed by atoms with Crippen LogP contribution in [0.3, 0.4) is 0 Å². The van der Waals surface area contributed by atoms with Crippen LogP contribution in [0.15, 0.2) is 77.9 Å². The number of nitrogens with zero attached hydrogens (tertiary/aromatic N) is 1. The summed E-state index contributed by atoms with van der Waals surface area (Å²) in [5, 5.41) is 4.21. The Morgan fingerprint density at radius 2 is 1.73 bits per heavy atom. The molecule has 0 spiro atoms. The monoisotopic (exact) mass is 350 g/mol. The number of hydrazone groups is 1. The summed E-state index contributed by atoms with van der Waals surface area (Å²) < 4.78 is 24.1. The molecule has 4 nitrogen and oxygen atoms in total. The van der Waals surface area contributed by atoms with Crippen molar-refractivity contribution < 1.29 is 13.9 Å². The molecule has 3 aromatic rings. The number of rotatable bonds is 7. The molecule has 132 valence electrons. The van der Waals surface area contributed by atoms with Crippen LogP contribution >= 0.6 is 0 Å². The van der Waals surface area contributed by atoms with Gasteiger partial charge in [0, 0.05) is 0 Å². The lowest BCUT2D eigenvalue weighted by atomic mass is 10.2. The Balaban J connectivity index is 1.64. The van der Waals surface area contributed by atoms with Crippen molar-refractivity contribution in [1.29, 1.82) is 0 Å². The van der Waals surface area contributed by atoms with E-state index in [1.54, 1.807) is 25.5 Å². The first-order valence-corrected chi connectivity index (χ1v) is 8.14. The fourth-order valence-electron chi connectivity index (χ4n) is 2.32. The first-order valence-electron chi connectivity index (χ1n) is 8.14. The van der Waals surface area contributed by atoms with Crippen molar-refractivity contribution in [3.63, 3.8) is 0 Å². The summed E-state index contributed by atoms with van der Waals surface area (Å²) in [6, 6.07) is 21.5. The van der Waals surface area contributed by atoms with E-state index in [0.29, 0.717) is 18.1 Å². The van der Waals surface area contributed by atoms with Gasteiger partial charge in [-0.25, -0.2) is 4.39 Å². The lowest BCUT2D eigenvalue weighted by Crippen LogP contribution is -1.99. The average molecular weight is 350 g/mol. The van der Waals surface area contributed by atoms with E-state index in [0.717, 1.165) is 16.8 Å². The summed E-state index contributed by atoms with van der Waals surface area (Å²) in [7, 11) is 1.59. The molecule has 0 aliphatic rings. The van der Waals surface area contributed by atoms with Gasteiger partial charge in [0.2, 0.25) is 0 Å². The molecule has 0 amide bonds. The van der Waals surface area contributed by atoms with Gasteiger partial charge in [-0.2, -0.15) is 5.10 Å². The molecule has 0 aromatic heterocycles. The lowest BCUT2D eigenvalue weighted by Gasteiger charge is -2.11. The third-order valence-corrected chi connectivity index (χ3v) is 3.68. The van der Waals surface area contributed by atoms with Gasteiger partial charge in [-0.1, -0.05) is 30.3 Å². The standard InChI is InChI=1S/C21H19FN2O2/c1-25-21-13-17(14-23-24-19-5-3-2-4-6-19)9-12-20(21)26-15-16-7-10-18(22)11-8-16/h2-14,24H,15H2,1H3/b23-14-. The normalized spacial score (nSPS) is 10.7. The minimum absolute atomic E-state index is 0.265. The van der Waals surface area contributed by atoms with Crippen molar-refractivity contribution in [3.05, 3.63) is 89.7 Å². The summed E-state index contributed by atoms with van der Waals surface area (Å²) in [6.07, 6.45) is 1.71. The van der Waals surface area contributed by atoms with Crippen molar-refractivity contribution in [2.45, 2.75) is 6.61 Å². The summed E-state index contributed by atoms with van der Waals surface area (Å²) in [4.78, 5) is 0. The van der Waals surface area contributed by atoms with E-state index in [9.17, 15) is 4.39 Å². The summed E-state index contributed by atoms with van der Waals surface area (Å²) in [5.41, 5.74) is 5.63. The quantitative estimate of drug-likeness (QED) is 0.489. The molecular weight excluding hydrogens is 331 g/mol. The van der Waals surface area contributed by atoms with Crippen LogP contribution < -0.4 is 14.9 Å². The Labute approximate surface area is 151 Å². The molecule has 0 heterocycles. The van der Waals surface area contributed by atoms with Gasteiger partial charge in [-0.05, 0) is 53.6 Å². The fourth-order valence-corrected chi connectivity index (χ4v) is 2.32. The van der Waals surface area contributed by atoms with Crippen LogP contribution in [0, 0.1) is 5.82 Å². The summed E-state index contributed by atoms with van der Waals surface area (Å²) in [5.74, 6) is 0.958. The topological polar surface area (TPSA) is 42.8 Å². The Hall–Kier alpha value is -3.34. The maximum Gasteiger partial charge on any atom is 0.161 e. The highest BCUT2D eigenvalue weighted by Gasteiger charge is 2.06. The Morgan fingerprint density at radius 3 is 2.46 bits per heavy atom. The molecule has 3 aromatic carbocycles. The zero-order chi connectivity index (χ0) is 18.2. The molecule has 0 aliphatic carbocycles. The van der Waals surface area contributed by atoms with Crippen LogP contribution in [0.2, 0.25) is 0 Å². The summed E-state index contributed by atoms with van der Waals surface area (Å²) >= 11 is 0. The van der Waals surface area contributed by atoms with Crippen LogP contribution in [0.25, 0.3) is 0 Å². The zero-order valence-electron chi connectivity index (χ0n) is 14.4. The fraction of sp³-hybridized carbons (Fsp3) is 0.0952. The van der Waals surface area contributed by atoms with E-state index >= 15 is 0 Å². The average Bonchev–Trinajstić information content (AvgIpc) is 2.69. The van der Waals surface area contributed by atoms with Gasteiger partial charge in [0.05, 0.1) is 19.0 Å². The Morgan fingerprint density at radius 1 is 0.962 bits per heavy atom. The maximum absolute atomic E-state index is 12.9. The van der Waals surface area contributed by atoms with Crippen LogP contribution in [0.1, 0.15) is 11.1 Å². The molecule has 0 fully saturated rings. The number of hydrogen-bond acceptors (Lipinski definition) is 4. The highest BCUT2D eigenvalue weighted by atomic mass is 19.1. The van der Waals surface area contributed by atoms with Crippen LogP contribution in [-0.4, -0.2) is 13.3 Å². The van der Waals surface area contributed by atoms with E-state index in [1.165, 1.54) is 12.1 Å². The van der Waals surface area contributed by atoms with Crippen molar-refractivity contribution in [3.8, 4) is 11.5 Å². The molecule has 0 bridgehead atoms. The molecule has 0 saturated heterocycles. The number of hydrogen-bond donors (Lipinski definition) is 1. The number of benzene rings is 3. The SMILES string of the molecule is COc1cc(/C=N\Nc2ccccc2)ccc1OCc1ccc(F)cc1. The molecular formula is C21H19FN2O2.